The van der Waals surface area contributed by atoms with E-state index in [1.807, 2.05) is 60.7 Å². The van der Waals surface area contributed by atoms with Crippen molar-refractivity contribution in [2.24, 2.45) is 0 Å². The molecule has 0 bridgehead atoms. The molecule has 6 nitrogen and oxygen atoms in total. The minimum Gasteiger partial charge on any atom is -0.438 e. The average Bonchev–Trinajstić information content (AvgIpc) is 3.36. The van der Waals surface area contributed by atoms with E-state index in [1.54, 1.807) is 29.9 Å². The van der Waals surface area contributed by atoms with Gasteiger partial charge in [-0.1, -0.05) is 24.3 Å². The lowest BCUT2D eigenvalue weighted by Crippen LogP contribution is -1.99. The number of nitrogens with zero attached hydrogens (tertiary/aromatic N) is 4. The van der Waals surface area contributed by atoms with Crippen molar-refractivity contribution in [1.29, 1.82) is 0 Å². The van der Waals surface area contributed by atoms with Crippen LogP contribution in [0.4, 0.5) is 11.5 Å². The smallest absolute Gasteiger partial charge is 0.227 e. The second-order valence-electron chi connectivity index (χ2n) is 8.20. The number of aromatic nitrogens is 4. The number of pyridine rings is 2. The summed E-state index contributed by atoms with van der Waals surface area (Å²) < 4.78 is 6.12. The van der Waals surface area contributed by atoms with Crippen LogP contribution in [0.2, 0.25) is 0 Å². The number of ether oxygens (including phenoxy) is 1. The lowest BCUT2D eigenvalue weighted by molar-refractivity contribution is 0.465. The van der Waals surface area contributed by atoms with Crippen molar-refractivity contribution in [3.8, 4) is 33.3 Å². The van der Waals surface area contributed by atoms with Crippen LogP contribution in [-0.4, -0.2) is 20.2 Å². The number of hydrogen-bond donors (Lipinski definition) is 1. The highest BCUT2D eigenvalue weighted by Crippen LogP contribution is 2.35. The van der Waals surface area contributed by atoms with E-state index in [-0.39, 0.29) is 0 Å². The zero-order chi connectivity index (χ0) is 24.3. The summed E-state index contributed by atoms with van der Waals surface area (Å²) in [7, 11) is 0. The van der Waals surface area contributed by atoms with E-state index in [9.17, 15) is 0 Å². The van der Waals surface area contributed by atoms with Crippen LogP contribution >= 0.6 is 11.3 Å². The van der Waals surface area contributed by atoms with Gasteiger partial charge >= 0.3 is 0 Å². The lowest BCUT2D eigenvalue weighted by Gasteiger charge is -2.12. The maximum atomic E-state index is 6.12. The molecule has 0 radical (unpaired) electrons. The molecule has 6 rings (SSSR count). The van der Waals surface area contributed by atoms with E-state index >= 15 is 0 Å². The molecule has 1 N–H and O–H groups in total. The fourth-order valence-electron chi connectivity index (χ4n) is 4.02. The Morgan fingerprint density at radius 1 is 0.750 bits per heavy atom. The molecule has 0 saturated heterocycles. The molecule has 0 saturated carbocycles. The zero-order valence-electron chi connectivity index (χ0n) is 19.4. The lowest BCUT2D eigenvalue weighted by atomic mass is 10.1. The highest BCUT2D eigenvalue weighted by atomic mass is 32.1. The molecule has 174 valence electrons. The molecule has 7 heteroatoms. The Morgan fingerprint density at radius 3 is 2.33 bits per heavy atom. The van der Waals surface area contributed by atoms with Gasteiger partial charge in [-0.25, -0.2) is 4.98 Å². The summed E-state index contributed by atoms with van der Waals surface area (Å²) in [5.41, 5.74) is 3.69. The van der Waals surface area contributed by atoms with Crippen molar-refractivity contribution >= 4 is 33.6 Å². The number of aryl methyl sites for hydroxylation is 1. The fourth-order valence-corrected chi connectivity index (χ4v) is 4.88. The molecule has 0 unspecified atom stereocenters. The van der Waals surface area contributed by atoms with E-state index in [4.69, 9.17) is 4.74 Å². The number of nitrogens with one attached hydrogen (secondary N) is 1. The Labute approximate surface area is 212 Å². The van der Waals surface area contributed by atoms with E-state index < -0.39 is 0 Å². The summed E-state index contributed by atoms with van der Waals surface area (Å²) in [6, 6.07) is 27.9. The zero-order valence-corrected chi connectivity index (χ0v) is 20.2. The molecule has 4 aromatic heterocycles. The second kappa shape index (κ2) is 9.56. The Bertz CT molecular complexity index is 1650. The van der Waals surface area contributed by atoms with Crippen molar-refractivity contribution in [1.82, 2.24) is 20.2 Å². The van der Waals surface area contributed by atoms with Crippen molar-refractivity contribution in [2.45, 2.75) is 6.92 Å². The van der Waals surface area contributed by atoms with Crippen LogP contribution in [0.3, 0.4) is 0 Å². The summed E-state index contributed by atoms with van der Waals surface area (Å²) in [5, 5.41) is 14.6. The van der Waals surface area contributed by atoms with Crippen LogP contribution < -0.4 is 10.1 Å². The predicted molar refractivity (Wildman–Crippen MR) is 145 cm³/mol. The first-order valence-electron chi connectivity index (χ1n) is 11.5. The van der Waals surface area contributed by atoms with Crippen LogP contribution in [-0.2, 0) is 0 Å². The molecule has 0 fully saturated rings. The van der Waals surface area contributed by atoms with Gasteiger partial charge in [0, 0.05) is 45.5 Å². The Morgan fingerprint density at radius 2 is 1.56 bits per heavy atom. The predicted octanol–water partition coefficient (Wildman–Crippen LogP) is 7.66. The summed E-state index contributed by atoms with van der Waals surface area (Å²) in [6.07, 6.45) is 5.24. The van der Waals surface area contributed by atoms with E-state index in [0.717, 1.165) is 38.2 Å². The minimum absolute atomic E-state index is 0.542. The fraction of sp³-hybridized carbons (Fsp3) is 0.0345. The van der Waals surface area contributed by atoms with E-state index in [1.165, 1.54) is 4.88 Å². The van der Waals surface area contributed by atoms with Gasteiger partial charge in [-0.15, -0.1) is 21.5 Å². The van der Waals surface area contributed by atoms with E-state index in [2.05, 4.69) is 56.7 Å². The van der Waals surface area contributed by atoms with Gasteiger partial charge in [-0.2, -0.15) is 0 Å². The molecule has 2 aromatic carbocycles. The molecular formula is C29H21N5OS. The summed E-state index contributed by atoms with van der Waals surface area (Å²) >= 11 is 1.72. The third-order valence-electron chi connectivity index (χ3n) is 5.76. The molecule has 0 aliphatic heterocycles. The van der Waals surface area contributed by atoms with Crippen LogP contribution in [0.15, 0.2) is 104 Å². The van der Waals surface area contributed by atoms with Gasteiger partial charge in [0.15, 0.2) is 5.82 Å². The van der Waals surface area contributed by atoms with Crippen molar-refractivity contribution in [2.75, 3.05) is 5.32 Å². The number of benzene rings is 2. The van der Waals surface area contributed by atoms with Gasteiger partial charge in [0.2, 0.25) is 5.88 Å². The molecule has 0 atom stereocenters. The van der Waals surface area contributed by atoms with E-state index in [0.29, 0.717) is 17.4 Å². The van der Waals surface area contributed by atoms with Crippen LogP contribution in [0.5, 0.6) is 11.6 Å². The largest absolute Gasteiger partial charge is 0.438 e. The van der Waals surface area contributed by atoms with Gasteiger partial charge < -0.3 is 10.1 Å². The first-order chi connectivity index (χ1) is 17.7. The second-order valence-corrected chi connectivity index (χ2v) is 9.48. The number of rotatable bonds is 6. The molecule has 36 heavy (non-hydrogen) atoms. The van der Waals surface area contributed by atoms with Crippen LogP contribution in [0.25, 0.3) is 32.5 Å². The molecule has 0 aliphatic carbocycles. The van der Waals surface area contributed by atoms with Crippen molar-refractivity contribution in [3.05, 3.63) is 108 Å². The summed E-state index contributed by atoms with van der Waals surface area (Å²) in [5.74, 6) is 1.94. The van der Waals surface area contributed by atoms with Crippen molar-refractivity contribution in [3.63, 3.8) is 0 Å². The molecule has 0 amide bonds. The highest BCUT2D eigenvalue weighted by molar-refractivity contribution is 7.15. The average molecular weight is 488 g/mol. The SMILES string of the molecule is Cc1ccc(-c2nnc(Nc3ccc(Oc4ncccc4-c4ccncc4)cc3)c3ccccc23)s1. The summed E-state index contributed by atoms with van der Waals surface area (Å²) in [6.45, 7) is 2.10. The molecule has 0 spiro atoms. The Kier molecular flexibility index (Phi) is 5.81. The Balaban J connectivity index is 1.26. The number of fused-ring (bicyclic) bond motifs is 1. The first kappa shape index (κ1) is 21.9. The summed E-state index contributed by atoms with van der Waals surface area (Å²) in [4.78, 5) is 10.9. The highest BCUT2D eigenvalue weighted by Gasteiger charge is 2.13. The maximum absolute atomic E-state index is 6.12. The minimum atomic E-state index is 0.542. The monoisotopic (exact) mass is 487 g/mol. The number of anilines is 2. The normalized spacial score (nSPS) is 10.9. The maximum Gasteiger partial charge on any atom is 0.227 e. The Hall–Kier alpha value is -4.62. The topological polar surface area (TPSA) is 72.8 Å². The first-order valence-corrected chi connectivity index (χ1v) is 12.3. The molecule has 6 aromatic rings. The standard InChI is InChI=1S/C29H21N5OS/c1-19-8-13-26(36-19)27-24-5-2-3-6-25(24)28(34-33-27)32-21-9-11-22(12-10-21)35-29-23(7-4-16-31-29)20-14-17-30-18-15-20/h2-18H,1H3,(H,32,34). The number of hydrogen-bond acceptors (Lipinski definition) is 7. The molecular weight excluding hydrogens is 466 g/mol. The van der Waals surface area contributed by atoms with Crippen LogP contribution in [0.1, 0.15) is 4.88 Å². The van der Waals surface area contributed by atoms with Gasteiger partial charge in [0.1, 0.15) is 11.4 Å². The quantitative estimate of drug-likeness (QED) is 0.260. The third kappa shape index (κ3) is 4.39. The van der Waals surface area contributed by atoms with Gasteiger partial charge in [0.25, 0.3) is 0 Å². The molecule has 0 aliphatic rings. The van der Waals surface area contributed by atoms with Gasteiger partial charge in [-0.05, 0) is 73.2 Å². The number of thiophene rings is 1. The van der Waals surface area contributed by atoms with Gasteiger partial charge in [0.05, 0.1) is 4.88 Å². The van der Waals surface area contributed by atoms with Crippen LogP contribution in [0, 0.1) is 6.92 Å². The molecule has 4 heterocycles. The van der Waals surface area contributed by atoms with Crippen molar-refractivity contribution < 1.29 is 4.74 Å². The third-order valence-corrected chi connectivity index (χ3v) is 6.76. The van der Waals surface area contributed by atoms with Gasteiger partial charge in [-0.3, -0.25) is 4.98 Å².